The zero-order chi connectivity index (χ0) is 13.9. The summed E-state index contributed by atoms with van der Waals surface area (Å²) in [7, 11) is 0. The van der Waals surface area contributed by atoms with Gasteiger partial charge in [0.15, 0.2) is 0 Å². The number of nitro groups is 1. The van der Waals surface area contributed by atoms with Crippen molar-refractivity contribution in [1.82, 2.24) is 5.32 Å². The second-order valence-electron chi connectivity index (χ2n) is 5.17. The normalized spacial score (nSPS) is 11.1. The lowest BCUT2D eigenvalue weighted by molar-refractivity contribution is -0.384. The minimum absolute atomic E-state index is 0.0275. The molecule has 0 aliphatic heterocycles. The molecule has 1 aromatic rings. The number of nitrogens with zero attached hydrogens (tertiary/aromatic N) is 1. The molecule has 0 aliphatic rings. The molecule has 5 nitrogen and oxygen atoms in total. The van der Waals surface area contributed by atoms with Crippen molar-refractivity contribution in [2.75, 3.05) is 6.54 Å². The fourth-order valence-corrected chi connectivity index (χ4v) is 1.49. The molecular formula is C12H15ClN2O3. The zero-order valence-corrected chi connectivity index (χ0v) is 11.2. The maximum Gasteiger partial charge on any atom is 0.287 e. The molecule has 0 atom stereocenters. The van der Waals surface area contributed by atoms with Crippen molar-refractivity contribution >= 4 is 23.2 Å². The van der Waals surface area contributed by atoms with E-state index in [0.717, 1.165) is 0 Å². The molecule has 0 spiro atoms. The average molecular weight is 271 g/mol. The van der Waals surface area contributed by atoms with E-state index in [-0.39, 0.29) is 22.0 Å². The molecular weight excluding hydrogens is 256 g/mol. The minimum atomic E-state index is -0.584. The van der Waals surface area contributed by atoms with Gasteiger partial charge in [-0.1, -0.05) is 32.4 Å². The van der Waals surface area contributed by atoms with Crippen LogP contribution in [0.1, 0.15) is 31.1 Å². The number of carbonyl (C=O) groups excluding carboxylic acids is 1. The summed E-state index contributed by atoms with van der Waals surface area (Å²) in [6, 6.07) is 3.92. The fourth-order valence-electron chi connectivity index (χ4n) is 1.24. The number of halogens is 1. The van der Waals surface area contributed by atoms with E-state index in [2.05, 4.69) is 5.32 Å². The van der Waals surface area contributed by atoms with Crippen molar-refractivity contribution in [1.29, 1.82) is 0 Å². The summed E-state index contributed by atoms with van der Waals surface area (Å²) in [5, 5.41) is 13.3. The van der Waals surface area contributed by atoms with Crippen LogP contribution in [-0.4, -0.2) is 17.4 Å². The lowest BCUT2D eigenvalue weighted by Crippen LogP contribution is -2.32. The summed E-state index contributed by atoms with van der Waals surface area (Å²) in [5.41, 5.74) is 0.0825. The van der Waals surface area contributed by atoms with E-state index in [1.54, 1.807) is 0 Å². The highest BCUT2D eigenvalue weighted by molar-refractivity contribution is 6.33. The second-order valence-corrected chi connectivity index (χ2v) is 5.57. The van der Waals surface area contributed by atoms with Gasteiger partial charge in [-0.05, 0) is 17.5 Å². The van der Waals surface area contributed by atoms with Crippen LogP contribution in [0.4, 0.5) is 5.69 Å². The van der Waals surface area contributed by atoms with Gasteiger partial charge < -0.3 is 5.32 Å². The van der Waals surface area contributed by atoms with Crippen LogP contribution in [0, 0.1) is 15.5 Å². The number of amides is 1. The molecule has 6 heteroatoms. The topological polar surface area (TPSA) is 72.2 Å². The summed E-state index contributed by atoms with van der Waals surface area (Å²) < 4.78 is 0. The van der Waals surface area contributed by atoms with Crippen LogP contribution in [0.5, 0.6) is 0 Å². The predicted molar refractivity (Wildman–Crippen MR) is 69.9 cm³/mol. The maximum absolute atomic E-state index is 11.8. The molecule has 0 saturated carbocycles. The lowest BCUT2D eigenvalue weighted by atomic mass is 9.97. The van der Waals surface area contributed by atoms with E-state index in [1.807, 2.05) is 20.8 Å². The van der Waals surface area contributed by atoms with E-state index in [4.69, 9.17) is 11.6 Å². The number of benzene rings is 1. The number of carbonyl (C=O) groups is 1. The van der Waals surface area contributed by atoms with Crippen LogP contribution < -0.4 is 5.32 Å². The van der Waals surface area contributed by atoms with Gasteiger partial charge in [-0.3, -0.25) is 14.9 Å². The van der Waals surface area contributed by atoms with Gasteiger partial charge in [-0.15, -0.1) is 0 Å². The Hall–Kier alpha value is -1.62. The summed E-state index contributed by atoms with van der Waals surface area (Å²) in [5.74, 6) is -0.290. The highest BCUT2D eigenvalue weighted by Crippen LogP contribution is 2.25. The van der Waals surface area contributed by atoms with Crippen molar-refractivity contribution in [2.45, 2.75) is 20.8 Å². The molecule has 0 aliphatic carbocycles. The van der Waals surface area contributed by atoms with E-state index in [0.29, 0.717) is 12.1 Å². The van der Waals surface area contributed by atoms with Crippen molar-refractivity contribution in [3.05, 3.63) is 38.9 Å². The number of nitrogens with one attached hydrogen (secondary N) is 1. The Balaban J connectivity index is 2.82. The molecule has 0 fully saturated rings. The lowest BCUT2D eigenvalue weighted by Gasteiger charge is -2.18. The molecule has 1 rings (SSSR count). The molecule has 0 bridgehead atoms. The molecule has 1 amide bonds. The largest absolute Gasteiger partial charge is 0.352 e. The highest BCUT2D eigenvalue weighted by atomic mass is 35.5. The van der Waals surface area contributed by atoms with Gasteiger partial charge in [0.25, 0.3) is 11.6 Å². The quantitative estimate of drug-likeness (QED) is 0.678. The first-order valence-electron chi connectivity index (χ1n) is 5.43. The van der Waals surface area contributed by atoms with E-state index in [9.17, 15) is 14.9 Å². The van der Waals surface area contributed by atoms with Crippen LogP contribution in [-0.2, 0) is 0 Å². The van der Waals surface area contributed by atoms with Crippen LogP contribution in [0.2, 0.25) is 5.02 Å². The predicted octanol–water partition coefficient (Wildman–Crippen LogP) is 3.02. The SMILES string of the molecule is CC(C)(C)CNC(=O)c1ccc([N+](=O)[O-])c(Cl)c1. The highest BCUT2D eigenvalue weighted by Gasteiger charge is 2.17. The van der Waals surface area contributed by atoms with Crippen LogP contribution in [0.25, 0.3) is 0 Å². The Bertz CT molecular complexity index is 481. The summed E-state index contributed by atoms with van der Waals surface area (Å²) in [4.78, 5) is 21.8. The van der Waals surface area contributed by atoms with Gasteiger partial charge in [0.1, 0.15) is 5.02 Å². The molecule has 0 heterocycles. The molecule has 0 radical (unpaired) electrons. The second kappa shape index (κ2) is 5.35. The first kappa shape index (κ1) is 14.4. The fraction of sp³-hybridized carbons (Fsp3) is 0.417. The van der Waals surface area contributed by atoms with Crippen molar-refractivity contribution in [3.63, 3.8) is 0 Å². The average Bonchev–Trinajstić information content (AvgIpc) is 2.24. The first-order valence-corrected chi connectivity index (χ1v) is 5.80. The Morgan fingerprint density at radius 2 is 2.06 bits per heavy atom. The third-order valence-corrected chi connectivity index (χ3v) is 2.49. The zero-order valence-electron chi connectivity index (χ0n) is 10.5. The third-order valence-electron chi connectivity index (χ3n) is 2.19. The number of nitro benzene ring substituents is 1. The Morgan fingerprint density at radius 3 is 2.50 bits per heavy atom. The van der Waals surface area contributed by atoms with Crippen LogP contribution >= 0.6 is 11.6 Å². The molecule has 1 aromatic carbocycles. The Morgan fingerprint density at radius 1 is 1.44 bits per heavy atom. The van der Waals surface area contributed by atoms with Crippen molar-refractivity contribution < 1.29 is 9.72 Å². The summed E-state index contributed by atoms with van der Waals surface area (Å²) in [6.45, 7) is 6.50. The van der Waals surface area contributed by atoms with Gasteiger partial charge in [-0.25, -0.2) is 0 Å². The minimum Gasteiger partial charge on any atom is -0.352 e. The van der Waals surface area contributed by atoms with Gasteiger partial charge in [-0.2, -0.15) is 0 Å². The molecule has 18 heavy (non-hydrogen) atoms. The first-order chi connectivity index (χ1) is 8.20. The van der Waals surface area contributed by atoms with Crippen molar-refractivity contribution in [3.8, 4) is 0 Å². The number of hydrogen-bond donors (Lipinski definition) is 1. The maximum atomic E-state index is 11.8. The van der Waals surface area contributed by atoms with E-state index in [1.165, 1.54) is 18.2 Å². The monoisotopic (exact) mass is 270 g/mol. The summed E-state index contributed by atoms with van der Waals surface area (Å²) in [6.07, 6.45) is 0. The van der Waals surface area contributed by atoms with E-state index < -0.39 is 4.92 Å². The Kier molecular flexibility index (Phi) is 4.29. The third kappa shape index (κ3) is 4.00. The molecule has 1 N–H and O–H groups in total. The smallest absolute Gasteiger partial charge is 0.287 e. The van der Waals surface area contributed by atoms with E-state index >= 15 is 0 Å². The van der Waals surface area contributed by atoms with Gasteiger partial charge in [0.05, 0.1) is 4.92 Å². The molecule has 0 unspecified atom stereocenters. The van der Waals surface area contributed by atoms with Crippen LogP contribution in [0.3, 0.4) is 0 Å². The van der Waals surface area contributed by atoms with Crippen molar-refractivity contribution in [2.24, 2.45) is 5.41 Å². The molecule has 0 saturated heterocycles. The molecule has 0 aromatic heterocycles. The molecule has 98 valence electrons. The number of hydrogen-bond acceptors (Lipinski definition) is 3. The van der Waals surface area contributed by atoms with Gasteiger partial charge in [0, 0.05) is 18.2 Å². The van der Waals surface area contributed by atoms with Crippen LogP contribution in [0.15, 0.2) is 18.2 Å². The van der Waals surface area contributed by atoms with Gasteiger partial charge in [0.2, 0.25) is 0 Å². The Labute approximate surface area is 110 Å². The standard InChI is InChI=1S/C12H15ClN2O3/c1-12(2,3)7-14-11(16)8-4-5-10(15(17)18)9(13)6-8/h4-6H,7H2,1-3H3,(H,14,16). The summed E-state index contributed by atoms with van der Waals surface area (Å²) >= 11 is 5.74. The van der Waals surface area contributed by atoms with Gasteiger partial charge >= 0.3 is 0 Å². The number of rotatable bonds is 3.